The molecule has 1 N–H and O–H groups in total. The minimum Gasteiger partial charge on any atom is -0.497 e. The number of rotatable bonds is 5. The van der Waals surface area contributed by atoms with Crippen LogP contribution in [-0.2, 0) is 0 Å². The van der Waals surface area contributed by atoms with Crippen LogP contribution in [0, 0.1) is 20.8 Å². The highest BCUT2D eigenvalue weighted by atomic mass is 32.1. The first-order chi connectivity index (χ1) is 16.5. The highest BCUT2D eigenvalue weighted by molar-refractivity contribution is 7.80. The molecule has 6 heteroatoms. The fraction of sp³-hybridized carbons (Fsp3) is 0.214. The number of anilines is 1. The number of hydrogen-bond donors (Lipinski definition) is 1. The average Bonchev–Trinajstić information content (AvgIpc) is 3.32. The molecule has 0 aliphatic carbocycles. The Labute approximate surface area is 206 Å². The van der Waals surface area contributed by atoms with Gasteiger partial charge in [0.2, 0.25) is 0 Å². The number of thiocarbonyl (C=S) groups is 1. The summed E-state index contributed by atoms with van der Waals surface area (Å²) in [6.07, 6.45) is 1.84. The van der Waals surface area contributed by atoms with Crippen LogP contribution >= 0.6 is 12.2 Å². The number of methoxy groups -OCH3 is 1. The van der Waals surface area contributed by atoms with E-state index in [-0.39, 0.29) is 12.1 Å². The molecule has 0 radical (unpaired) electrons. The van der Waals surface area contributed by atoms with E-state index in [2.05, 4.69) is 78.0 Å². The first-order valence-corrected chi connectivity index (χ1v) is 11.8. The second-order valence-electron chi connectivity index (χ2n) is 8.58. The zero-order valence-corrected chi connectivity index (χ0v) is 20.6. The summed E-state index contributed by atoms with van der Waals surface area (Å²) >= 11 is 5.91. The summed E-state index contributed by atoms with van der Waals surface area (Å²) in [5.41, 5.74) is 8.10. The van der Waals surface area contributed by atoms with Crippen LogP contribution in [0.3, 0.4) is 0 Å². The monoisotopic (exact) mass is 468 g/mol. The molecular formula is C28H28N4OS. The third kappa shape index (κ3) is 3.64. The van der Waals surface area contributed by atoms with Gasteiger partial charge in [-0.1, -0.05) is 24.3 Å². The molecule has 2 aromatic heterocycles. The van der Waals surface area contributed by atoms with Gasteiger partial charge in [0.05, 0.1) is 24.9 Å². The van der Waals surface area contributed by atoms with Crippen LogP contribution in [0.5, 0.6) is 5.75 Å². The van der Waals surface area contributed by atoms with Crippen LogP contribution in [0.25, 0.3) is 5.69 Å². The van der Waals surface area contributed by atoms with Crippen molar-refractivity contribution in [1.29, 1.82) is 0 Å². The number of hydrogen-bond acceptors (Lipinski definition) is 3. The van der Waals surface area contributed by atoms with Crippen molar-refractivity contribution in [2.45, 2.75) is 32.9 Å². The van der Waals surface area contributed by atoms with E-state index in [1.807, 2.05) is 36.5 Å². The van der Waals surface area contributed by atoms with Gasteiger partial charge in [-0.25, -0.2) is 0 Å². The van der Waals surface area contributed by atoms with E-state index >= 15 is 0 Å². The molecule has 1 aliphatic rings. The summed E-state index contributed by atoms with van der Waals surface area (Å²) in [6, 6.07) is 24.5. The first-order valence-electron chi connectivity index (χ1n) is 11.4. The molecule has 1 aliphatic heterocycles. The Bertz CT molecular complexity index is 1320. The zero-order chi connectivity index (χ0) is 23.8. The fourth-order valence-electron chi connectivity index (χ4n) is 5.08. The summed E-state index contributed by atoms with van der Waals surface area (Å²) in [4.78, 5) is 6.92. The Hall–Kier alpha value is -3.64. The molecule has 34 heavy (non-hydrogen) atoms. The number of para-hydroxylation sites is 1. The van der Waals surface area contributed by atoms with E-state index in [1.54, 1.807) is 7.11 Å². The molecule has 3 heterocycles. The van der Waals surface area contributed by atoms with Crippen molar-refractivity contribution >= 4 is 23.0 Å². The highest BCUT2D eigenvalue weighted by Gasteiger charge is 2.43. The first kappa shape index (κ1) is 22.2. The Kier molecular flexibility index (Phi) is 5.84. The fourth-order valence-corrected chi connectivity index (χ4v) is 5.42. The summed E-state index contributed by atoms with van der Waals surface area (Å²) in [5.74, 6) is 0.818. The van der Waals surface area contributed by atoms with Gasteiger partial charge >= 0.3 is 0 Å². The quantitative estimate of drug-likeness (QED) is 0.365. The number of benzene rings is 2. The molecule has 2 atom stereocenters. The summed E-state index contributed by atoms with van der Waals surface area (Å²) in [5, 5.41) is 4.26. The molecule has 5 nitrogen and oxygen atoms in total. The van der Waals surface area contributed by atoms with Crippen LogP contribution in [-0.4, -0.2) is 21.8 Å². The van der Waals surface area contributed by atoms with E-state index in [0.29, 0.717) is 5.11 Å². The highest BCUT2D eigenvalue weighted by Crippen LogP contribution is 2.45. The van der Waals surface area contributed by atoms with E-state index < -0.39 is 0 Å². The summed E-state index contributed by atoms with van der Waals surface area (Å²) in [6.45, 7) is 6.60. The van der Waals surface area contributed by atoms with E-state index in [1.165, 1.54) is 22.5 Å². The Morgan fingerprint density at radius 3 is 2.21 bits per heavy atom. The van der Waals surface area contributed by atoms with Gasteiger partial charge in [0, 0.05) is 34.5 Å². The maximum absolute atomic E-state index is 5.91. The topological polar surface area (TPSA) is 42.3 Å². The largest absolute Gasteiger partial charge is 0.497 e. The lowest BCUT2D eigenvalue weighted by atomic mass is 9.93. The molecule has 0 spiro atoms. The molecule has 0 amide bonds. The van der Waals surface area contributed by atoms with Crippen LogP contribution < -0.4 is 15.0 Å². The van der Waals surface area contributed by atoms with Crippen molar-refractivity contribution in [2.75, 3.05) is 12.0 Å². The standard InChI is InChI=1S/C28H28N4OS/c1-18-19(2)31(21-10-6-5-7-11-21)20(3)25(18)27-26(24-12-8-9-17-29-24)30-28(34)32(27)22-13-15-23(33-4)16-14-22/h5-17,26-27H,1-4H3,(H,30,34). The van der Waals surface area contributed by atoms with Crippen molar-refractivity contribution in [3.8, 4) is 11.4 Å². The number of aromatic nitrogens is 2. The number of pyridine rings is 1. The van der Waals surface area contributed by atoms with Gasteiger partial charge < -0.3 is 19.5 Å². The van der Waals surface area contributed by atoms with E-state index in [4.69, 9.17) is 21.9 Å². The third-order valence-electron chi connectivity index (χ3n) is 6.77. The predicted molar refractivity (Wildman–Crippen MR) is 141 cm³/mol. The number of nitrogens with one attached hydrogen (secondary N) is 1. The van der Waals surface area contributed by atoms with Crippen LogP contribution in [0.2, 0.25) is 0 Å². The number of ether oxygens (including phenoxy) is 1. The Balaban J connectivity index is 1.71. The van der Waals surface area contributed by atoms with Crippen LogP contribution in [0.15, 0.2) is 79.0 Å². The minimum absolute atomic E-state index is 0.0561. The van der Waals surface area contributed by atoms with Crippen molar-refractivity contribution in [2.24, 2.45) is 0 Å². The molecular weight excluding hydrogens is 440 g/mol. The van der Waals surface area contributed by atoms with Gasteiger partial charge in [0.25, 0.3) is 0 Å². The van der Waals surface area contributed by atoms with Crippen LogP contribution in [0.4, 0.5) is 5.69 Å². The van der Waals surface area contributed by atoms with Gasteiger partial charge in [0.15, 0.2) is 5.11 Å². The molecule has 4 aromatic rings. The summed E-state index contributed by atoms with van der Waals surface area (Å²) in [7, 11) is 1.68. The Morgan fingerprint density at radius 1 is 0.853 bits per heavy atom. The SMILES string of the molecule is COc1ccc(N2C(=S)NC(c3ccccn3)C2c2c(C)c(C)n(-c3ccccc3)c2C)cc1. The number of nitrogens with zero attached hydrogens (tertiary/aromatic N) is 3. The second-order valence-corrected chi connectivity index (χ2v) is 8.96. The van der Waals surface area contributed by atoms with Crippen molar-refractivity contribution in [3.05, 3.63) is 107 Å². The Morgan fingerprint density at radius 2 is 1.56 bits per heavy atom. The van der Waals surface area contributed by atoms with Crippen molar-refractivity contribution < 1.29 is 4.74 Å². The molecule has 0 bridgehead atoms. The van der Waals surface area contributed by atoms with E-state index in [9.17, 15) is 0 Å². The van der Waals surface area contributed by atoms with Gasteiger partial charge in [-0.3, -0.25) is 4.98 Å². The van der Waals surface area contributed by atoms with E-state index in [0.717, 1.165) is 22.8 Å². The zero-order valence-electron chi connectivity index (χ0n) is 19.8. The lowest BCUT2D eigenvalue weighted by molar-refractivity contribution is 0.415. The average molecular weight is 469 g/mol. The van der Waals surface area contributed by atoms with Gasteiger partial charge in [-0.05, 0) is 87.1 Å². The van der Waals surface area contributed by atoms with Gasteiger partial charge in [-0.2, -0.15) is 0 Å². The maximum atomic E-state index is 5.91. The van der Waals surface area contributed by atoms with Crippen molar-refractivity contribution in [3.63, 3.8) is 0 Å². The van der Waals surface area contributed by atoms with Gasteiger partial charge in [0.1, 0.15) is 5.75 Å². The maximum Gasteiger partial charge on any atom is 0.174 e. The predicted octanol–water partition coefficient (Wildman–Crippen LogP) is 5.98. The van der Waals surface area contributed by atoms with Gasteiger partial charge in [-0.15, -0.1) is 0 Å². The molecule has 172 valence electrons. The second kappa shape index (κ2) is 8.95. The smallest absolute Gasteiger partial charge is 0.174 e. The molecule has 1 saturated heterocycles. The molecule has 2 aromatic carbocycles. The normalized spacial score (nSPS) is 17.6. The lowest BCUT2D eigenvalue weighted by Crippen LogP contribution is -2.29. The minimum atomic E-state index is -0.0841. The third-order valence-corrected chi connectivity index (χ3v) is 7.08. The van der Waals surface area contributed by atoms with Crippen LogP contribution in [0.1, 0.15) is 40.3 Å². The molecule has 2 unspecified atom stereocenters. The molecule has 5 rings (SSSR count). The molecule has 0 saturated carbocycles. The molecule has 1 fully saturated rings. The lowest BCUT2D eigenvalue weighted by Gasteiger charge is -2.29. The van der Waals surface area contributed by atoms with Crippen molar-refractivity contribution in [1.82, 2.24) is 14.9 Å². The summed E-state index contributed by atoms with van der Waals surface area (Å²) < 4.78 is 7.73.